The number of halogens is 1. The summed E-state index contributed by atoms with van der Waals surface area (Å²) in [5.74, 6) is 0.675. The number of aromatic nitrogens is 3. The third-order valence-electron chi connectivity index (χ3n) is 2.64. The number of hydrogen-bond donors (Lipinski definition) is 0. The minimum absolute atomic E-state index is 0.220. The average Bonchev–Trinajstić information content (AvgIpc) is 2.71. The van der Waals surface area contributed by atoms with Gasteiger partial charge in [0.05, 0.1) is 17.3 Å². The van der Waals surface area contributed by atoms with Gasteiger partial charge in [-0.3, -0.25) is 4.68 Å². The lowest BCUT2D eigenvalue weighted by atomic mass is 10.2. The molecule has 2 aromatic heterocycles. The highest BCUT2D eigenvalue weighted by molar-refractivity contribution is 9.10. The van der Waals surface area contributed by atoms with Crippen molar-refractivity contribution in [1.82, 2.24) is 14.8 Å². The molecule has 0 aromatic carbocycles. The molecule has 1 aliphatic rings. The molecule has 1 atom stereocenters. The first kappa shape index (κ1) is 9.84. The van der Waals surface area contributed by atoms with E-state index in [0.29, 0.717) is 12.5 Å². The Balaban J connectivity index is 2.26. The summed E-state index contributed by atoms with van der Waals surface area (Å²) in [7, 11) is 0. The van der Waals surface area contributed by atoms with E-state index in [0.717, 1.165) is 15.7 Å². The number of hydrogen-bond acceptors (Lipinski definition) is 3. The maximum atomic E-state index is 5.66. The van der Waals surface area contributed by atoms with Crippen LogP contribution in [-0.4, -0.2) is 21.4 Å². The summed E-state index contributed by atoms with van der Waals surface area (Å²) in [6, 6.07) is 4.21. The predicted molar refractivity (Wildman–Crippen MR) is 63.4 cm³/mol. The normalized spacial score (nSPS) is 18.2. The van der Waals surface area contributed by atoms with Gasteiger partial charge in [0.2, 0.25) is 5.88 Å². The van der Waals surface area contributed by atoms with Crippen molar-refractivity contribution in [1.29, 1.82) is 0 Å². The molecule has 4 nitrogen and oxygen atoms in total. The Hall–Kier alpha value is -1.36. The van der Waals surface area contributed by atoms with Gasteiger partial charge in [-0.25, -0.2) is 4.98 Å². The zero-order chi connectivity index (χ0) is 11.1. The van der Waals surface area contributed by atoms with Crippen molar-refractivity contribution in [3.63, 3.8) is 0 Å². The zero-order valence-corrected chi connectivity index (χ0v) is 10.3. The fourth-order valence-corrected chi connectivity index (χ4v) is 2.21. The number of fused-ring (bicyclic) bond motifs is 3. The highest BCUT2D eigenvalue weighted by Gasteiger charge is 2.21. The fraction of sp³-hybridized carbons (Fsp3) is 0.273. The van der Waals surface area contributed by atoms with Gasteiger partial charge in [0, 0.05) is 16.9 Å². The molecular formula is C11H10BrN3O. The van der Waals surface area contributed by atoms with Gasteiger partial charge in [-0.1, -0.05) is 0 Å². The van der Waals surface area contributed by atoms with Crippen LogP contribution in [0.1, 0.15) is 13.0 Å². The van der Waals surface area contributed by atoms with Crippen LogP contribution in [-0.2, 0) is 0 Å². The van der Waals surface area contributed by atoms with Crippen molar-refractivity contribution >= 4 is 15.9 Å². The molecule has 0 unspecified atom stereocenters. The molecular weight excluding hydrogens is 270 g/mol. The molecule has 3 heterocycles. The first-order chi connectivity index (χ1) is 7.75. The number of ether oxygens (including phenoxy) is 1. The maximum absolute atomic E-state index is 5.66. The van der Waals surface area contributed by atoms with Crippen LogP contribution in [0.3, 0.4) is 0 Å². The second kappa shape index (κ2) is 3.59. The van der Waals surface area contributed by atoms with Crippen LogP contribution < -0.4 is 4.74 Å². The highest BCUT2D eigenvalue weighted by atomic mass is 79.9. The molecule has 5 heteroatoms. The van der Waals surface area contributed by atoms with Crippen LogP contribution in [0.2, 0.25) is 0 Å². The Morgan fingerprint density at radius 2 is 2.44 bits per heavy atom. The lowest BCUT2D eigenvalue weighted by molar-refractivity contribution is 0.252. The second-order valence-corrected chi connectivity index (χ2v) is 4.74. The Labute approximate surface area is 101 Å². The molecule has 16 heavy (non-hydrogen) atoms. The van der Waals surface area contributed by atoms with Gasteiger partial charge in [-0.15, -0.1) is 0 Å². The largest absolute Gasteiger partial charge is 0.475 e. The first-order valence-electron chi connectivity index (χ1n) is 5.08. The molecule has 0 aliphatic carbocycles. The third kappa shape index (κ3) is 1.43. The summed E-state index contributed by atoms with van der Waals surface area (Å²) >= 11 is 3.42. The Morgan fingerprint density at radius 3 is 3.31 bits per heavy atom. The maximum Gasteiger partial charge on any atom is 0.223 e. The molecule has 1 aliphatic heterocycles. The SMILES string of the molecule is C[C@@H]1COc2ncc(Br)cc2-c2ccnn21. The van der Waals surface area contributed by atoms with Gasteiger partial charge in [0.15, 0.2) is 0 Å². The number of rotatable bonds is 0. The van der Waals surface area contributed by atoms with E-state index in [1.807, 2.05) is 23.0 Å². The molecule has 0 fully saturated rings. The quantitative estimate of drug-likeness (QED) is 0.744. The van der Waals surface area contributed by atoms with Crippen LogP contribution in [0.15, 0.2) is 29.0 Å². The van der Waals surface area contributed by atoms with Crippen molar-refractivity contribution in [2.45, 2.75) is 13.0 Å². The smallest absolute Gasteiger partial charge is 0.223 e. The molecule has 0 bridgehead atoms. The molecule has 0 amide bonds. The van der Waals surface area contributed by atoms with Crippen molar-refractivity contribution in [2.24, 2.45) is 0 Å². The summed E-state index contributed by atoms with van der Waals surface area (Å²) in [6.07, 6.45) is 3.55. The van der Waals surface area contributed by atoms with Crippen molar-refractivity contribution < 1.29 is 4.74 Å². The molecule has 3 rings (SSSR count). The average molecular weight is 280 g/mol. The minimum atomic E-state index is 0.220. The van der Waals surface area contributed by atoms with Crippen molar-refractivity contribution in [2.75, 3.05) is 6.61 Å². The molecule has 0 radical (unpaired) electrons. The summed E-state index contributed by atoms with van der Waals surface area (Å²) < 4.78 is 8.58. The molecule has 0 saturated heterocycles. The standard InChI is InChI=1S/C11H10BrN3O/c1-7-6-16-11-9(4-8(12)5-13-11)10-2-3-14-15(7)10/h2-5,7H,6H2,1H3/t7-/m1/s1. The van der Waals surface area contributed by atoms with Gasteiger partial charge >= 0.3 is 0 Å². The van der Waals surface area contributed by atoms with E-state index in [2.05, 4.69) is 32.9 Å². The van der Waals surface area contributed by atoms with Crippen LogP contribution in [0.5, 0.6) is 5.88 Å². The van der Waals surface area contributed by atoms with Crippen LogP contribution >= 0.6 is 15.9 Å². The summed E-state index contributed by atoms with van der Waals surface area (Å²) in [6.45, 7) is 2.67. The number of nitrogens with zero attached hydrogens (tertiary/aromatic N) is 3. The Morgan fingerprint density at radius 1 is 1.56 bits per heavy atom. The molecule has 0 N–H and O–H groups in total. The summed E-state index contributed by atoms with van der Waals surface area (Å²) in [4.78, 5) is 4.28. The summed E-state index contributed by atoms with van der Waals surface area (Å²) in [5, 5.41) is 4.32. The lowest BCUT2D eigenvalue weighted by Gasteiger charge is -2.10. The molecule has 2 aromatic rings. The van der Waals surface area contributed by atoms with E-state index in [1.165, 1.54) is 0 Å². The Kier molecular flexibility index (Phi) is 2.21. The molecule has 0 saturated carbocycles. The van der Waals surface area contributed by atoms with E-state index in [9.17, 15) is 0 Å². The minimum Gasteiger partial charge on any atom is -0.475 e. The molecule has 82 valence electrons. The Bertz CT molecular complexity index is 538. The van der Waals surface area contributed by atoms with Crippen LogP contribution in [0.4, 0.5) is 0 Å². The van der Waals surface area contributed by atoms with Gasteiger partial charge < -0.3 is 4.74 Å². The van der Waals surface area contributed by atoms with E-state index in [4.69, 9.17) is 4.74 Å². The highest BCUT2D eigenvalue weighted by Crippen LogP contribution is 2.34. The van der Waals surface area contributed by atoms with Gasteiger partial charge in [-0.05, 0) is 35.0 Å². The predicted octanol–water partition coefficient (Wildman–Crippen LogP) is 2.66. The number of pyridine rings is 1. The van der Waals surface area contributed by atoms with E-state index in [-0.39, 0.29) is 6.04 Å². The topological polar surface area (TPSA) is 39.9 Å². The van der Waals surface area contributed by atoms with E-state index >= 15 is 0 Å². The van der Waals surface area contributed by atoms with Gasteiger partial charge in [0.1, 0.15) is 6.61 Å². The van der Waals surface area contributed by atoms with E-state index < -0.39 is 0 Å². The summed E-state index contributed by atoms with van der Waals surface area (Å²) in [5.41, 5.74) is 2.03. The molecule has 0 spiro atoms. The second-order valence-electron chi connectivity index (χ2n) is 3.83. The van der Waals surface area contributed by atoms with Crippen molar-refractivity contribution in [3.8, 4) is 17.1 Å². The lowest BCUT2D eigenvalue weighted by Crippen LogP contribution is -2.13. The van der Waals surface area contributed by atoms with Crippen LogP contribution in [0.25, 0.3) is 11.3 Å². The fourth-order valence-electron chi connectivity index (χ4n) is 1.87. The van der Waals surface area contributed by atoms with Crippen molar-refractivity contribution in [3.05, 3.63) is 29.0 Å². The first-order valence-corrected chi connectivity index (χ1v) is 5.87. The third-order valence-corrected chi connectivity index (χ3v) is 3.08. The van der Waals surface area contributed by atoms with Gasteiger partial charge in [-0.2, -0.15) is 5.10 Å². The van der Waals surface area contributed by atoms with E-state index in [1.54, 1.807) is 6.20 Å². The van der Waals surface area contributed by atoms with Crippen LogP contribution in [0, 0.1) is 0 Å². The zero-order valence-electron chi connectivity index (χ0n) is 8.72. The monoisotopic (exact) mass is 279 g/mol. The van der Waals surface area contributed by atoms with Gasteiger partial charge in [0.25, 0.3) is 0 Å².